The lowest BCUT2D eigenvalue weighted by Crippen LogP contribution is -2.41. The van der Waals surface area contributed by atoms with Gasteiger partial charge in [0.2, 0.25) is 0 Å². The Bertz CT molecular complexity index is 489. The van der Waals surface area contributed by atoms with Crippen LogP contribution >= 0.6 is 11.6 Å². The van der Waals surface area contributed by atoms with Crippen LogP contribution in [0.15, 0.2) is 24.3 Å². The van der Waals surface area contributed by atoms with E-state index < -0.39 is 12.1 Å². The van der Waals surface area contributed by atoms with E-state index in [4.69, 9.17) is 21.4 Å². The van der Waals surface area contributed by atoms with Crippen molar-refractivity contribution in [2.24, 2.45) is 0 Å². The molecule has 1 aromatic carbocycles. The Morgan fingerprint density at radius 1 is 1.32 bits per heavy atom. The molecule has 122 valence electrons. The molecule has 5 nitrogen and oxygen atoms in total. The second-order valence-corrected chi connectivity index (χ2v) is 5.52. The number of nitrogens with zero attached hydrogens (tertiary/aromatic N) is 1. The van der Waals surface area contributed by atoms with E-state index in [1.165, 1.54) is 4.90 Å². The molecular weight excluding hydrogens is 306 g/mol. The minimum absolute atomic E-state index is 0.212. The van der Waals surface area contributed by atoms with E-state index in [-0.39, 0.29) is 19.0 Å². The van der Waals surface area contributed by atoms with E-state index in [0.29, 0.717) is 11.6 Å². The molecule has 0 bridgehead atoms. The van der Waals surface area contributed by atoms with Crippen LogP contribution in [0.2, 0.25) is 5.02 Å². The number of carboxylic acids is 1. The van der Waals surface area contributed by atoms with Crippen LogP contribution in [0, 0.1) is 0 Å². The first-order chi connectivity index (χ1) is 10.4. The highest BCUT2D eigenvalue weighted by Crippen LogP contribution is 2.13. The SMILES string of the molecule is CCCCOC(C)C(=O)N(CC(=O)O)Cc1ccc(Cl)cc1. The third kappa shape index (κ3) is 6.45. The first-order valence-corrected chi connectivity index (χ1v) is 7.68. The van der Waals surface area contributed by atoms with Gasteiger partial charge in [0.1, 0.15) is 12.6 Å². The average Bonchev–Trinajstić information content (AvgIpc) is 2.47. The van der Waals surface area contributed by atoms with Crippen molar-refractivity contribution in [2.45, 2.75) is 39.3 Å². The zero-order valence-corrected chi connectivity index (χ0v) is 13.7. The Morgan fingerprint density at radius 3 is 2.50 bits per heavy atom. The summed E-state index contributed by atoms with van der Waals surface area (Å²) in [5.41, 5.74) is 0.819. The molecule has 22 heavy (non-hydrogen) atoms. The molecule has 0 aliphatic heterocycles. The number of carbonyl (C=O) groups excluding carboxylic acids is 1. The van der Waals surface area contributed by atoms with Crippen LogP contribution in [0.5, 0.6) is 0 Å². The van der Waals surface area contributed by atoms with Gasteiger partial charge >= 0.3 is 5.97 Å². The van der Waals surface area contributed by atoms with Crippen molar-refractivity contribution >= 4 is 23.5 Å². The summed E-state index contributed by atoms with van der Waals surface area (Å²) < 4.78 is 5.46. The number of rotatable bonds is 9. The van der Waals surface area contributed by atoms with Gasteiger partial charge in [-0.3, -0.25) is 9.59 Å². The van der Waals surface area contributed by atoms with Gasteiger partial charge in [-0.25, -0.2) is 0 Å². The first-order valence-electron chi connectivity index (χ1n) is 7.30. The van der Waals surface area contributed by atoms with Crippen LogP contribution in [0.3, 0.4) is 0 Å². The Hall–Kier alpha value is -1.59. The summed E-state index contributed by atoms with van der Waals surface area (Å²) >= 11 is 5.82. The Kier molecular flexibility index (Phi) is 7.91. The molecule has 0 aromatic heterocycles. The second kappa shape index (κ2) is 9.43. The van der Waals surface area contributed by atoms with Crippen molar-refractivity contribution in [2.75, 3.05) is 13.2 Å². The van der Waals surface area contributed by atoms with Gasteiger partial charge in [-0.1, -0.05) is 37.1 Å². The number of carboxylic acid groups (broad SMARTS) is 1. The molecule has 1 aromatic rings. The highest BCUT2D eigenvalue weighted by Gasteiger charge is 2.23. The first kappa shape index (κ1) is 18.5. The zero-order valence-electron chi connectivity index (χ0n) is 12.9. The summed E-state index contributed by atoms with van der Waals surface area (Å²) in [4.78, 5) is 24.6. The average molecular weight is 328 g/mol. The number of amides is 1. The predicted molar refractivity (Wildman–Crippen MR) is 84.8 cm³/mol. The van der Waals surface area contributed by atoms with Gasteiger partial charge in [0, 0.05) is 18.2 Å². The molecule has 0 saturated heterocycles. The van der Waals surface area contributed by atoms with Crippen molar-refractivity contribution in [3.05, 3.63) is 34.9 Å². The fourth-order valence-electron chi connectivity index (χ4n) is 1.92. The molecule has 0 fully saturated rings. The Labute approximate surface area is 135 Å². The summed E-state index contributed by atoms with van der Waals surface area (Å²) in [5.74, 6) is -1.38. The van der Waals surface area contributed by atoms with E-state index in [2.05, 4.69) is 0 Å². The molecule has 0 aliphatic rings. The number of halogens is 1. The molecule has 1 atom stereocenters. The number of aliphatic carboxylic acids is 1. The van der Waals surface area contributed by atoms with Crippen molar-refractivity contribution in [1.29, 1.82) is 0 Å². The summed E-state index contributed by atoms with van der Waals surface area (Å²) in [5, 5.41) is 9.59. The summed E-state index contributed by atoms with van der Waals surface area (Å²) in [6.45, 7) is 4.03. The third-order valence-corrected chi connectivity index (χ3v) is 3.39. The molecule has 0 heterocycles. The van der Waals surface area contributed by atoms with Crippen LogP contribution in [-0.2, 0) is 20.9 Å². The van der Waals surface area contributed by atoms with Gasteiger partial charge in [0.05, 0.1) is 0 Å². The molecule has 1 unspecified atom stereocenters. The molecule has 1 amide bonds. The molecule has 0 spiro atoms. The Balaban J connectivity index is 2.71. The topological polar surface area (TPSA) is 66.8 Å². The number of hydrogen-bond donors (Lipinski definition) is 1. The number of unbranched alkanes of at least 4 members (excludes halogenated alkanes) is 1. The number of benzene rings is 1. The molecular formula is C16H22ClNO4. The Morgan fingerprint density at radius 2 is 1.95 bits per heavy atom. The van der Waals surface area contributed by atoms with Crippen LogP contribution in [0.1, 0.15) is 32.3 Å². The van der Waals surface area contributed by atoms with Gasteiger partial charge in [0.15, 0.2) is 0 Å². The molecule has 0 radical (unpaired) electrons. The minimum atomic E-state index is -1.05. The number of hydrogen-bond acceptors (Lipinski definition) is 3. The van der Waals surface area contributed by atoms with Crippen LogP contribution < -0.4 is 0 Å². The lowest BCUT2D eigenvalue weighted by Gasteiger charge is -2.24. The van der Waals surface area contributed by atoms with Crippen molar-refractivity contribution < 1.29 is 19.4 Å². The summed E-state index contributed by atoms with van der Waals surface area (Å²) in [6, 6.07) is 6.96. The van der Waals surface area contributed by atoms with Crippen LogP contribution in [0.25, 0.3) is 0 Å². The highest BCUT2D eigenvalue weighted by molar-refractivity contribution is 6.30. The number of carbonyl (C=O) groups is 2. The van der Waals surface area contributed by atoms with Gasteiger partial charge in [-0.15, -0.1) is 0 Å². The second-order valence-electron chi connectivity index (χ2n) is 5.08. The number of ether oxygens (including phenoxy) is 1. The monoisotopic (exact) mass is 327 g/mol. The molecule has 1 rings (SSSR count). The third-order valence-electron chi connectivity index (χ3n) is 3.14. The zero-order chi connectivity index (χ0) is 16.5. The van der Waals surface area contributed by atoms with Gasteiger partial charge < -0.3 is 14.7 Å². The summed E-state index contributed by atoms with van der Waals surface area (Å²) in [6.07, 6.45) is 1.19. The quantitative estimate of drug-likeness (QED) is 0.708. The van der Waals surface area contributed by atoms with E-state index in [1.807, 2.05) is 6.92 Å². The largest absolute Gasteiger partial charge is 0.480 e. The normalized spacial score (nSPS) is 12.0. The van der Waals surface area contributed by atoms with Gasteiger partial charge in [-0.2, -0.15) is 0 Å². The molecule has 6 heteroatoms. The maximum Gasteiger partial charge on any atom is 0.323 e. The molecule has 0 aliphatic carbocycles. The maximum absolute atomic E-state index is 12.4. The van der Waals surface area contributed by atoms with E-state index in [9.17, 15) is 9.59 Å². The fourth-order valence-corrected chi connectivity index (χ4v) is 2.04. The van der Waals surface area contributed by atoms with E-state index in [1.54, 1.807) is 31.2 Å². The van der Waals surface area contributed by atoms with Crippen LogP contribution in [-0.4, -0.2) is 41.1 Å². The van der Waals surface area contributed by atoms with Crippen LogP contribution in [0.4, 0.5) is 0 Å². The lowest BCUT2D eigenvalue weighted by atomic mass is 10.2. The highest BCUT2D eigenvalue weighted by atomic mass is 35.5. The van der Waals surface area contributed by atoms with Gasteiger partial charge in [-0.05, 0) is 31.0 Å². The molecule has 0 saturated carbocycles. The molecule has 1 N–H and O–H groups in total. The standard InChI is InChI=1S/C16H22ClNO4/c1-3-4-9-22-12(2)16(21)18(11-15(19)20)10-13-5-7-14(17)8-6-13/h5-8,12H,3-4,9-11H2,1-2H3,(H,19,20). The maximum atomic E-state index is 12.4. The van der Waals surface area contributed by atoms with Crippen molar-refractivity contribution in [3.63, 3.8) is 0 Å². The van der Waals surface area contributed by atoms with Crippen molar-refractivity contribution in [1.82, 2.24) is 4.90 Å². The van der Waals surface area contributed by atoms with Gasteiger partial charge in [0.25, 0.3) is 5.91 Å². The summed E-state index contributed by atoms with van der Waals surface area (Å²) in [7, 11) is 0. The van der Waals surface area contributed by atoms with E-state index in [0.717, 1.165) is 18.4 Å². The lowest BCUT2D eigenvalue weighted by molar-refractivity contribution is -0.150. The fraction of sp³-hybridized carbons (Fsp3) is 0.500. The smallest absolute Gasteiger partial charge is 0.323 e. The van der Waals surface area contributed by atoms with E-state index >= 15 is 0 Å². The predicted octanol–water partition coefficient (Wildman–Crippen LogP) is 2.96. The minimum Gasteiger partial charge on any atom is -0.480 e. The van der Waals surface area contributed by atoms with Crippen molar-refractivity contribution in [3.8, 4) is 0 Å².